The maximum Gasteiger partial charge on any atom is 0.156 e. The highest BCUT2D eigenvalue weighted by atomic mass is 35.5. The van der Waals surface area contributed by atoms with Gasteiger partial charge in [-0.05, 0) is 31.5 Å². The van der Waals surface area contributed by atoms with Crippen LogP contribution < -0.4 is 5.73 Å². The predicted molar refractivity (Wildman–Crippen MR) is 72.2 cm³/mol. The Bertz CT molecular complexity index is 507. The van der Waals surface area contributed by atoms with Crippen LogP contribution in [0.3, 0.4) is 0 Å². The third kappa shape index (κ3) is 5.25. The molecular formula is C11H15Cl2NO2S. The summed E-state index contributed by atoms with van der Waals surface area (Å²) in [5.74, 6) is -0.148. The van der Waals surface area contributed by atoms with Gasteiger partial charge in [0.2, 0.25) is 0 Å². The van der Waals surface area contributed by atoms with E-state index in [1.165, 1.54) is 0 Å². The molecule has 3 nitrogen and oxygen atoms in total. The summed E-state index contributed by atoms with van der Waals surface area (Å²) < 4.78 is 23.7. The van der Waals surface area contributed by atoms with Crippen molar-refractivity contribution in [1.82, 2.24) is 0 Å². The van der Waals surface area contributed by atoms with E-state index in [0.717, 1.165) is 0 Å². The number of rotatable bonds is 4. The smallest absolute Gasteiger partial charge is 0.156 e. The molecule has 0 heterocycles. The van der Waals surface area contributed by atoms with Crippen LogP contribution in [-0.4, -0.2) is 19.7 Å². The molecular weight excluding hydrogens is 281 g/mol. The first kappa shape index (κ1) is 14.8. The van der Waals surface area contributed by atoms with Gasteiger partial charge in [-0.25, -0.2) is 8.42 Å². The monoisotopic (exact) mass is 295 g/mol. The Morgan fingerprint density at radius 2 is 1.82 bits per heavy atom. The molecule has 17 heavy (non-hydrogen) atoms. The number of hydrogen-bond acceptors (Lipinski definition) is 3. The van der Waals surface area contributed by atoms with Gasteiger partial charge in [0, 0.05) is 5.54 Å². The first-order valence-electron chi connectivity index (χ1n) is 5.02. The molecule has 0 fully saturated rings. The lowest BCUT2D eigenvalue weighted by Crippen LogP contribution is -2.40. The second-order valence-corrected chi connectivity index (χ2v) is 7.65. The van der Waals surface area contributed by atoms with Gasteiger partial charge in [-0.2, -0.15) is 0 Å². The zero-order valence-electron chi connectivity index (χ0n) is 9.70. The van der Waals surface area contributed by atoms with E-state index in [2.05, 4.69) is 0 Å². The highest BCUT2D eigenvalue weighted by molar-refractivity contribution is 7.90. The highest BCUT2D eigenvalue weighted by Crippen LogP contribution is 2.23. The molecule has 1 aromatic carbocycles. The second-order valence-electron chi connectivity index (χ2n) is 4.77. The minimum absolute atomic E-state index is 0.0692. The van der Waals surface area contributed by atoms with Gasteiger partial charge in [-0.1, -0.05) is 29.3 Å². The molecule has 2 N–H and O–H groups in total. The van der Waals surface area contributed by atoms with Crippen molar-refractivity contribution in [2.75, 3.05) is 5.75 Å². The number of halogens is 2. The summed E-state index contributed by atoms with van der Waals surface area (Å²) in [4.78, 5) is 0. The summed E-state index contributed by atoms with van der Waals surface area (Å²) >= 11 is 11.6. The normalized spacial score (nSPS) is 12.8. The number of nitrogens with two attached hydrogens (primary N) is 1. The fourth-order valence-electron chi connectivity index (χ4n) is 1.50. The average Bonchev–Trinajstić information content (AvgIpc) is 2.06. The first-order chi connectivity index (χ1) is 7.59. The largest absolute Gasteiger partial charge is 0.325 e. The van der Waals surface area contributed by atoms with E-state index in [1.54, 1.807) is 32.0 Å². The van der Waals surface area contributed by atoms with E-state index in [4.69, 9.17) is 28.9 Å². The van der Waals surface area contributed by atoms with Gasteiger partial charge < -0.3 is 5.73 Å². The van der Waals surface area contributed by atoms with Crippen LogP contribution in [0.1, 0.15) is 19.4 Å². The average molecular weight is 296 g/mol. The molecule has 1 rings (SSSR count). The van der Waals surface area contributed by atoms with Gasteiger partial charge in [0.05, 0.1) is 21.6 Å². The van der Waals surface area contributed by atoms with Crippen LogP contribution in [0.4, 0.5) is 0 Å². The molecule has 96 valence electrons. The van der Waals surface area contributed by atoms with Gasteiger partial charge in [0.15, 0.2) is 9.84 Å². The molecule has 0 atom stereocenters. The molecule has 0 aliphatic carbocycles. The highest BCUT2D eigenvalue weighted by Gasteiger charge is 2.22. The lowest BCUT2D eigenvalue weighted by atomic mass is 10.1. The Morgan fingerprint density at radius 3 is 2.29 bits per heavy atom. The Kier molecular flexibility index (Phi) is 4.47. The maximum atomic E-state index is 11.9. The molecule has 0 saturated heterocycles. The molecule has 0 spiro atoms. The Labute approximate surface area is 112 Å². The van der Waals surface area contributed by atoms with E-state index < -0.39 is 15.4 Å². The van der Waals surface area contributed by atoms with Crippen LogP contribution in [0.5, 0.6) is 0 Å². The van der Waals surface area contributed by atoms with Gasteiger partial charge in [-0.3, -0.25) is 0 Å². The minimum Gasteiger partial charge on any atom is -0.325 e. The quantitative estimate of drug-likeness (QED) is 0.929. The fourth-order valence-corrected chi connectivity index (χ4v) is 3.74. The fraction of sp³-hybridized carbons (Fsp3) is 0.455. The zero-order chi connectivity index (χ0) is 13.3. The van der Waals surface area contributed by atoms with Crippen LogP contribution in [0.2, 0.25) is 10.0 Å². The third-order valence-electron chi connectivity index (χ3n) is 1.96. The van der Waals surface area contributed by atoms with Crippen molar-refractivity contribution in [3.05, 3.63) is 33.8 Å². The van der Waals surface area contributed by atoms with Crippen LogP contribution in [0.25, 0.3) is 0 Å². The number of hydrogen-bond donors (Lipinski definition) is 1. The third-order valence-corrected chi connectivity index (χ3v) is 4.66. The van der Waals surface area contributed by atoms with Crippen molar-refractivity contribution in [2.24, 2.45) is 5.73 Å². The van der Waals surface area contributed by atoms with Crippen LogP contribution >= 0.6 is 23.2 Å². The summed E-state index contributed by atoms with van der Waals surface area (Å²) in [5.41, 5.74) is 5.58. The van der Waals surface area contributed by atoms with Crippen LogP contribution in [0, 0.1) is 0 Å². The lowest BCUT2D eigenvalue weighted by Gasteiger charge is -2.18. The summed E-state index contributed by atoms with van der Waals surface area (Å²) in [6, 6.07) is 4.79. The van der Waals surface area contributed by atoms with Crippen LogP contribution in [0.15, 0.2) is 18.2 Å². The predicted octanol–water partition coefficient (Wildman–Crippen LogP) is 2.65. The molecule has 0 amide bonds. The van der Waals surface area contributed by atoms with E-state index in [1.807, 2.05) is 0 Å². The van der Waals surface area contributed by atoms with Crippen molar-refractivity contribution >= 4 is 33.0 Å². The van der Waals surface area contributed by atoms with Crippen molar-refractivity contribution in [3.63, 3.8) is 0 Å². The second kappa shape index (κ2) is 5.14. The summed E-state index contributed by atoms with van der Waals surface area (Å²) in [5, 5.41) is 0.762. The van der Waals surface area contributed by atoms with Gasteiger partial charge in [0.1, 0.15) is 0 Å². The zero-order valence-corrected chi connectivity index (χ0v) is 12.0. The molecule has 0 saturated carbocycles. The SMILES string of the molecule is CC(C)(N)CS(=O)(=O)Cc1ccc(Cl)c(Cl)c1. The molecule has 1 aromatic rings. The summed E-state index contributed by atoms with van der Waals surface area (Å²) in [6.07, 6.45) is 0. The summed E-state index contributed by atoms with van der Waals surface area (Å²) in [6.45, 7) is 3.36. The van der Waals surface area contributed by atoms with Crippen molar-refractivity contribution in [2.45, 2.75) is 25.1 Å². The van der Waals surface area contributed by atoms with Crippen LogP contribution in [-0.2, 0) is 15.6 Å². The van der Waals surface area contributed by atoms with Gasteiger partial charge >= 0.3 is 0 Å². The van der Waals surface area contributed by atoms with E-state index in [9.17, 15) is 8.42 Å². The van der Waals surface area contributed by atoms with E-state index >= 15 is 0 Å². The maximum absolute atomic E-state index is 11.9. The Balaban J connectivity index is 2.87. The standard InChI is InChI=1S/C11H15Cl2NO2S/c1-11(2,14)7-17(15,16)6-8-3-4-9(12)10(13)5-8/h3-5H,6-7,14H2,1-2H3. The Hall–Kier alpha value is -0.290. The molecule has 6 heteroatoms. The molecule has 0 aromatic heterocycles. The lowest BCUT2D eigenvalue weighted by molar-refractivity contribution is 0.544. The molecule has 0 unspecified atom stereocenters. The molecule has 0 aliphatic rings. The van der Waals surface area contributed by atoms with E-state index in [0.29, 0.717) is 15.6 Å². The first-order valence-corrected chi connectivity index (χ1v) is 7.60. The number of benzene rings is 1. The topological polar surface area (TPSA) is 60.2 Å². The van der Waals surface area contributed by atoms with Gasteiger partial charge in [0.25, 0.3) is 0 Å². The van der Waals surface area contributed by atoms with Gasteiger partial charge in [-0.15, -0.1) is 0 Å². The van der Waals surface area contributed by atoms with E-state index in [-0.39, 0.29) is 11.5 Å². The van der Waals surface area contributed by atoms with Crippen molar-refractivity contribution in [3.8, 4) is 0 Å². The molecule has 0 aliphatic heterocycles. The van der Waals surface area contributed by atoms with Crippen molar-refractivity contribution in [1.29, 1.82) is 0 Å². The molecule has 0 radical (unpaired) electrons. The Morgan fingerprint density at radius 1 is 1.24 bits per heavy atom. The number of sulfone groups is 1. The minimum atomic E-state index is -3.25. The summed E-state index contributed by atoms with van der Waals surface area (Å²) in [7, 11) is -3.25. The van der Waals surface area contributed by atoms with Crippen molar-refractivity contribution < 1.29 is 8.42 Å². The molecule has 0 bridgehead atoms.